The second-order valence-corrected chi connectivity index (χ2v) is 7.77. The topological polar surface area (TPSA) is 68.7 Å². The Balaban J connectivity index is 1.71. The summed E-state index contributed by atoms with van der Waals surface area (Å²) >= 11 is 0. The predicted molar refractivity (Wildman–Crippen MR) is 94.3 cm³/mol. The molecule has 0 bridgehead atoms. The van der Waals surface area contributed by atoms with Crippen LogP contribution in [0.1, 0.15) is 19.8 Å². The van der Waals surface area contributed by atoms with E-state index in [4.69, 9.17) is 9.47 Å². The minimum Gasteiger partial charge on any atom is -0.494 e. The largest absolute Gasteiger partial charge is 0.494 e. The minimum absolute atomic E-state index is 0.159. The highest BCUT2D eigenvalue weighted by Gasteiger charge is 2.31. The quantitative estimate of drug-likeness (QED) is 0.790. The number of sulfonamides is 1. The van der Waals surface area contributed by atoms with Crippen LogP contribution in [-0.2, 0) is 10.0 Å². The summed E-state index contributed by atoms with van der Waals surface area (Å²) in [4.78, 5) is 4.23. The average Bonchev–Trinajstić information content (AvgIpc) is 2.64. The van der Waals surface area contributed by atoms with Crippen LogP contribution in [0.2, 0.25) is 0 Å². The smallest absolute Gasteiger partial charge is 0.243 e. The summed E-state index contributed by atoms with van der Waals surface area (Å²) in [6.07, 6.45) is 4.76. The van der Waals surface area contributed by atoms with Crippen molar-refractivity contribution in [1.29, 1.82) is 0 Å². The van der Waals surface area contributed by atoms with Gasteiger partial charge in [0.25, 0.3) is 0 Å². The molecule has 1 aliphatic heterocycles. The number of ether oxygens (including phenoxy) is 2. The molecule has 2 aromatic rings. The van der Waals surface area contributed by atoms with E-state index in [0.29, 0.717) is 31.2 Å². The highest BCUT2D eigenvalue weighted by Crippen LogP contribution is 2.24. The van der Waals surface area contributed by atoms with Crippen LogP contribution in [0.15, 0.2) is 53.7 Å². The minimum atomic E-state index is -3.53. The Morgan fingerprint density at radius 2 is 1.84 bits per heavy atom. The molecule has 7 heteroatoms. The highest BCUT2D eigenvalue weighted by atomic mass is 32.2. The molecule has 0 amide bonds. The van der Waals surface area contributed by atoms with Crippen molar-refractivity contribution in [3.05, 3.63) is 48.8 Å². The summed E-state index contributed by atoms with van der Waals surface area (Å²) in [5.74, 6) is 1.37. The molecule has 3 rings (SSSR count). The lowest BCUT2D eigenvalue weighted by Gasteiger charge is -2.32. The molecule has 1 aliphatic rings. The molecule has 1 aromatic carbocycles. The van der Waals surface area contributed by atoms with Gasteiger partial charge in [0.1, 0.15) is 17.6 Å². The molecule has 0 spiro atoms. The van der Waals surface area contributed by atoms with Crippen LogP contribution in [0.4, 0.5) is 0 Å². The molecule has 2 heterocycles. The van der Waals surface area contributed by atoms with Crippen molar-refractivity contribution >= 4 is 10.0 Å². The molecule has 1 unspecified atom stereocenters. The zero-order valence-electron chi connectivity index (χ0n) is 14.2. The van der Waals surface area contributed by atoms with Crippen LogP contribution in [0.25, 0.3) is 0 Å². The van der Waals surface area contributed by atoms with E-state index in [2.05, 4.69) is 4.98 Å². The van der Waals surface area contributed by atoms with Crippen molar-refractivity contribution in [1.82, 2.24) is 9.29 Å². The number of hydrogen-bond donors (Lipinski definition) is 0. The van der Waals surface area contributed by atoms with Gasteiger partial charge in [0.15, 0.2) is 0 Å². The van der Waals surface area contributed by atoms with E-state index in [1.165, 1.54) is 4.31 Å². The Hall–Kier alpha value is -2.12. The summed E-state index contributed by atoms with van der Waals surface area (Å²) in [6.45, 7) is 3.29. The average molecular weight is 362 g/mol. The third kappa shape index (κ3) is 4.29. The normalized spacial score (nSPS) is 18.7. The van der Waals surface area contributed by atoms with Crippen LogP contribution in [0.3, 0.4) is 0 Å². The lowest BCUT2D eigenvalue weighted by Crippen LogP contribution is -2.44. The molecule has 1 saturated heterocycles. The van der Waals surface area contributed by atoms with Gasteiger partial charge in [-0.2, -0.15) is 4.31 Å². The van der Waals surface area contributed by atoms with Crippen molar-refractivity contribution in [3.63, 3.8) is 0 Å². The summed E-state index contributed by atoms with van der Waals surface area (Å²) < 4.78 is 38.5. The Bertz CT molecular complexity index is 778. The van der Waals surface area contributed by atoms with Gasteiger partial charge in [-0.05, 0) is 56.2 Å². The maximum Gasteiger partial charge on any atom is 0.243 e. The van der Waals surface area contributed by atoms with E-state index in [-0.39, 0.29) is 11.0 Å². The second-order valence-electron chi connectivity index (χ2n) is 5.83. The van der Waals surface area contributed by atoms with Crippen molar-refractivity contribution in [2.45, 2.75) is 30.8 Å². The van der Waals surface area contributed by atoms with Crippen LogP contribution in [-0.4, -0.2) is 43.5 Å². The number of piperidine rings is 1. The van der Waals surface area contributed by atoms with Gasteiger partial charge in [-0.25, -0.2) is 8.42 Å². The van der Waals surface area contributed by atoms with Crippen molar-refractivity contribution < 1.29 is 17.9 Å². The summed E-state index contributed by atoms with van der Waals surface area (Å²) in [5.41, 5.74) is 0. The van der Waals surface area contributed by atoms with Gasteiger partial charge in [0.05, 0.1) is 18.0 Å². The van der Waals surface area contributed by atoms with Crippen LogP contribution in [0.5, 0.6) is 11.5 Å². The number of rotatable bonds is 6. The molecule has 1 atom stereocenters. The first kappa shape index (κ1) is 17.7. The lowest BCUT2D eigenvalue weighted by atomic mass is 10.1. The zero-order chi connectivity index (χ0) is 17.7. The molecule has 0 radical (unpaired) electrons. The van der Waals surface area contributed by atoms with Gasteiger partial charge >= 0.3 is 0 Å². The molecule has 0 aliphatic carbocycles. The Morgan fingerprint density at radius 3 is 2.52 bits per heavy atom. The van der Waals surface area contributed by atoms with Gasteiger partial charge in [0, 0.05) is 18.9 Å². The monoisotopic (exact) mass is 362 g/mol. The Labute approximate surface area is 148 Å². The Morgan fingerprint density at radius 1 is 1.12 bits per heavy atom. The van der Waals surface area contributed by atoms with E-state index in [1.54, 1.807) is 48.8 Å². The van der Waals surface area contributed by atoms with Gasteiger partial charge in [0.2, 0.25) is 10.0 Å². The van der Waals surface area contributed by atoms with E-state index in [0.717, 1.165) is 12.8 Å². The van der Waals surface area contributed by atoms with Crippen LogP contribution in [0, 0.1) is 0 Å². The first-order valence-corrected chi connectivity index (χ1v) is 9.83. The van der Waals surface area contributed by atoms with E-state index < -0.39 is 10.0 Å². The SMILES string of the molecule is CCOc1ccc(S(=O)(=O)N2CCCC(Oc3ccncc3)C2)cc1. The molecule has 1 fully saturated rings. The summed E-state index contributed by atoms with van der Waals surface area (Å²) in [6, 6.07) is 10.1. The molecule has 0 saturated carbocycles. The zero-order valence-corrected chi connectivity index (χ0v) is 15.0. The fourth-order valence-corrected chi connectivity index (χ4v) is 4.36. The summed E-state index contributed by atoms with van der Waals surface area (Å²) in [7, 11) is -3.53. The third-order valence-corrected chi connectivity index (χ3v) is 5.95. The van der Waals surface area contributed by atoms with Crippen LogP contribution < -0.4 is 9.47 Å². The highest BCUT2D eigenvalue weighted by molar-refractivity contribution is 7.89. The Kier molecular flexibility index (Phi) is 5.55. The van der Waals surface area contributed by atoms with Gasteiger partial charge in [-0.3, -0.25) is 4.98 Å². The first-order valence-electron chi connectivity index (χ1n) is 8.39. The standard InChI is InChI=1S/C18H22N2O4S/c1-2-23-15-5-7-18(8-6-15)25(21,22)20-13-3-4-17(14-20)24-16-9-11-19-12-10-16/h5-12,17H,2-4,13-14H2,1H3. The van der Waals surface area contributed by atoms with Crippen molar-refractivity contribution in [2.75, 3.05) is 19.7 Å². The first-order chi connectivity index (χ1) is 12.1. The molecule has 1 aromatic heterocycles. The number of pyridine rings is 1. The fraction of sp³-hybridized carbons (Fsp3) is 0.389. The number of benzene rings is 1. The number of hydrogen-bond acceptors (Lipinski definition) is 5. The predicted octanol–water partition coefficient (Wildman–Crippen LogP) is 2.71. The molecule has 25 heavy (non-hydrogen) atoms. The molecular weight excluding hydrogens is 340 g/mol. The van der Waals surface area contributed by atoms with Gasteiger partial charge in [-0.15, -0.1) is 0 Å². The van der Waals surface area contributed by atoms with Crippen molar-refractivity contribution in [3.8, 4) is 11.5 Å². The fourth-order valence-electron chi connectivity index (χ4n) is 2.85. The third-order valence-electron chi connectivity index (χ3n) is 4.07. The van der Waals surface area contributed by atoms with E-state index in [1.807, 2.05) is 6.92 Å². The molecule has 6 nitrogen and oxygen atoms in total. The van der Waals surface area contributed by atoms with E-state index >= 15 is 0 Å². The van der Waals surface area contributed by atoms with Gasteiger partial charge in [-0.1, -0.05) is 0 Å². The number of aromatic nitrogens is 1. The molecule has 134 valence electrons. The second kappa shape index (κ2) is 7.84. The lowest BCUT2D eigenvalue weighted by molar-refractivity contribution is 0.129. The maximum atomic E-state index is 12.9. The van der Waals surface area contributed by atoms with E-state index in [9.17, 15) is 8.42 Å². The molecule has 0 N–H and O–H groups in total. The van der Waals surface area contributed by atoms with Crippen molar-refractivity contribution in [2.24, 2.45) is 0 Å². The van der Waals surface area contributed by atoms with Gasteiger partial charge < -0.3 is 9.47 Å². The van der Waals surface area contributed by atoms with Crippen LogP contribution >= 0.6 is 0 Å². The number of nitrogens with zero attached hydrogens (tertiary/aromatic N) is 2. The summed E-state index contributed by atoms with van der Waals surface area (Å²) in [5, 5.41) is 0. The molecular formula is C18H22N2O4S. The maximum absolute atomic E-state index is 12.9.